The molecule has 1 aromatic rings. The number of likely N-dealkylation sites (tertiary alicyclic amines) is 2. The average molecular weight is 417 g/mol. The van der Waals surface area contributed by atoms with Crippen LogP contribution < -0.4 is 0 Å². The van der Waals surface area contributed by atoms with Crippen molar-refractivity contribution < 1.29 is 24.9 Å². The Labute approximate surface area is 177 Å². The van der Waals surface area contributed by atoms with Crippen molar-refractivity contribution in [2.45, 2.75) is 38.2 Å². The fourth-order valence-corrected chi connectivity index (χ4v) is 4.78. The lowest BCUT2D eigenvalue weighted by Crippen LogP contribution is -2.46. The molecule has 2 aliphatic heterocycles. The van der Waals surface area contributed by atoms with Crippen molar-refractivity contribution in [3.63, 3.8) is 0 Å². The molecule has 164 valence electrons. The van der Waals surface area contributed by atoms with Crippen LogP contribution in [0.15, 0.2) is 24.8 Å². The van der Waals surface area contributed by atoms with E-state index in [2.05, 4.69) is 6.58 Å². The van der Waals surface area contributed by atoms with Crippen LogP contribution in [0.25, 0.3) is 6.08 Å². The van der Waals surface area contributed by atoms with Crippen LogP contribution in [0.2, 0.25) is 0 Å². The number of carbonyl (C=O) groups excluding carboxylic acids is 1. The molecule has 2 heterocycles. The highest BCUT2D eigenvalue weighted by molar-refractivity contribution is 5.81. The van der Waals surface area contributed by atoms with Crippen LogP contribution in [-0.2, 0) is 16.0 Å². The molecule has 0 radical (unpaired) electrons. The van der Waals surface area contributed by atoms with Gasteiger partial charge in [0.05, 0.1) is 6.54 Å². The lowest BCUT2D eigenvalue weighted by molar-refractivity contribution is -0.141. The minimum absolute atomic E-state index is 0.118. The van der Waals surface area contributed by atoms with Gasteiger partial charge in [-0.2, -0.15) is 0 Å². The first-order valence-corrected chi connectivity index (χ1v) is 10.7. The van der Waals surface area contributed by atoms with Gasteiger partial charge in [-0.25, -0.2) is 0 Å². The Kier molecular flexibility index (Phi) is 7.50. The predicted octanol–water partition coefficient (Wildman–Crippen LogP) is 1.97. The summed E-state index contributed by atoms with van der Waals surface area (Å²) in [4.78, 5) is 27.3. The maximum Gasteiger partial charge on any atom is 0.317 e. The molecule has 1 atom stereocenters. The Morgan fingerprint density at radius 1 is 1.10 bits per heavy atom. The van der Waals surface area contributed by atoms with Crippen molar-refractivity contribution in [3.05, 3.63) is 35.9 Å². The first-order valence-electron chi connectivity index (χ1n) is 10.7. The number of phenols is 1. The van der Waals surface area contributed by atoms with E-state index in [1.807, 2.05) is 4.90 Å². The molecular formula is C23H32N2O5. The summed E-state index contributed by atoms with van der Waals surface area (Å²) in [7, 11) is 0. The Balaban J connectivity index is 1.46. The topological polar surface area (TPSA) is 101 Å². The van der Waals surface area contributed by atoms with E-state index in [0.29, 0.717) is 30.5 Å². The van der Waals surface area contributed by atoms with Crippen molar-refractivity contribution >= 4 is 18.0 Å². The summed E-state index contributed by atoms with van der Waals surface area (Å²) in [6.07, 6.45) is 4.56. The third-order valence-electron chi connectivity index (χ3n) is 6.54. The lowest BCUT2D eigenvalue weighted by atomic mass is 9.78. The number of hydrogen-bond acceptors (Lipinski definition) is 5. The molecule has 2 aliphatic rings. The molecular weight excluding hydrogens is 384 g/mol. The van der Waals surface area contributed by atoms with Crippen LogP contribution in [0.4, 0.5) is 0 Å². The number of rotatable bonds is 7. The van der Waals surface area contributed by atoms with Crippen molar-refractivity contribution in [2.75, 3.05) is 32.7 Å². The number of piperidine rings is 2. The minimum atomic E-state index is -1.09. The highest BCUT2D eigenvalue weighted by Gasteiger charge is 2.32. The third-order valence-corrected chi connectivity index (χ3v) is 6.54. The maximum atomic E-state index is 12.7. The summed E-state index contributed by atoms with van der Waals surface area (Å²) >= 11 is 0. The molecule has 7 nitrogen and oxygen atoms in total. The maximum absolute atomic E-state index is 12.7. The fourth-order valence-electron chi connectivity index (χ4n) is 4.78. The second-order valence-electron chi connectivity index (χ2n) is 8.49. The zero-order valence-corrected chi connectivity index (χ0v) is 17.4. The number of aliphatic carboxylic acids is 1. The Hall–Kier alpha value is -2.38. The molecule has 1 aromatic carbocycles. The molecule has 0 bridgehead atoms. The Morgan fingerprint density at radius 3 is 2.27 bits per heavy atom. The number of aliphatic hydroxyl groups excluding tert-OH is 1. The average Bonchev–Trinajstić information content (AvgIpc) is 2.74. The van der Waals surface area contributed by atoms with Gasteiger partial charge in [-0.15, -0.1) is 0 Å². The van der Waals surface area contributed by atoms with Gasteiger partial charge in [0.25, 0.3) is 5.91 Å². The molecule has 0 saturated carbocycles. The van der Waals surface area contributed by atoms with Gasteiger partial charge in [0.2, 0.25) is 0 Å². The first kappa shape index (κ1) is 22.3. The van der Waals surface area contributed by atoms with Gasteiger partial charge in [0.15, 0.2) is 0 Å². The number of nitrogens with zero attached hydrogens (tertiary/aromatic N) is 2. The van der Waals surface area contributed by atoms with E-state index >= 15 is 0 Å². The zero-order chi connectivity index (χ0) is 21.7. The molecule has 0 spiro atoms. The number of aromatic hydroxyl groups is 1. The minimum Gasteiger partial charge on any atom is -0.507 e. The first-order chi connectivity index (χ1) is 14.4. The van der Waals surface area contributed by atoms with Crippen molar-refractivity contribution in [1.82, 2.24) is 9.80 Å². The smallest absolute Gasteiger partial charge is 0.317 e. The van der Waals surface area contributed by atoms with E-state index in [4.69, 9.17) is 5.11 Å². The molecule has 2 fully saturated rings. The number of phenolic OH excluding ortho intramolecular Hbond substituents is 1. The van der Waals surface area contributed by atoms with Crippen LogP contribution >= 0.6 is 0 Å². The number of carbonyl (C=O) groups is 2. The van der Waals surface area contributed by atoms with Gasteiger partial charge < -0.3 is 20.2 Å². The largest absolute Gasteiger partial charge is 0.507 e. The molecule has 1 amide bonds. The Bertz CT molecular complexity index is 765. The SMILES string of the molecule is C=Cc1cc(C[C@@H](O)C(=O)N2CCC(C3CCN(CC(=O)O)CC3)CC2)ccc1O. The summed E-state index contributed by atoms with van der Waals surface area (Å²) in [6, 6.07) is 5.00. The van der Waals surface area contributed by atoms with Gasteiger partial charge in [-0.3, -0.25) is 14.5 Å². The van der Waals surface area contributed by atoms with Gasteiger partial charge >= 0.3 is 5.97 Å². The number of carboxylic acid groups (broad SMARTS) is 1. The normalized spacial score (nSPS) is 20.1. The van der Waals surface area contributed by atoms with Crippen molar-refractivity contribution in [1.29, 1.82) is 0 Å². The third kappa shape index (κ3) is 5.61. The molecule has 0 unspecified atom stereocenters. The van der Waals surface area contributed by atoms with Crippen molar-refractivity contribution in [3.8, 4) is 5.75 Å². The second kappa shape index (κ2) is 10.1. The summed E-state index contributed by atoms with van der Waals surface area (Å²) in [6.45, 7) is 6.74. The summed E-state index contributed by atoms with van der Waals surface area (Å²) in [5.74, 6) is 0.271. The lowest BCUT2D eigenvalue weighted by Gasteiger charge is -2.40. The van der Waals surface area contributed by atoms with Crippen LogP contribution in [-0.4, -0.2) is 75.8 Å². The van der Waals surface area contributed by atoms with Crippen LogP contribution in [0.5, 0.6) is 5.75 Å². The monoisotopic (exact) mass is 416 g/mol. The predicted molar refractivity (Wildman–Crippen MR) is 114 cm³/mol. The zero-order valence-electron chi connectivity index (χ0n) is 17.4. The molecule has 7 heteroatoms. The Morgan fingerprint density at radius 2 is 1.70 bits per heavy atom. The number of benzene rings is 1. The standard InChI is InChI=1S/C23H32N2O5/c1-2-17-13-16(3-4-20(17)26)14-21(27)23(30)25-11-7-19(8-12-25)18-5-9-24(10-6-18)15-22(28)29/h2-4,13,18-19,21,26-27H,1,5-12,14-15H2,(H,28,29)/t21-/m1/s1. The van der Waals surface area contributed by atoms with Crippen LogP contribution in [0, 0.1) is 11.8 Å². The van der Waals surface area contributed by atoms with Gasteiger partial charge in [-0.05, 0) is 68.3 Å². The molecule has 3 N–H and O–H groups in total. The van der Waals surface area contributed by atoms with E-state index in [0.717, 1.165) is 44.3 Å². The quantitative estimate of drug-likeness (QED) is 0.628. The van der Waals surface area contributed by atoms with E-state index in [-0.39, 0.29) is 24.6 Å². The fraction of sp³-hybridized carbons (Fsp3) is 0.565. The summed E-state index contributed by atoms with van der Waals surface area (Å²) in [5, 5.41) is 29.1. The van der Waals surface area contributed by atoms with Gasteiger partial charge in [-0.1, -0.05) is 18.7 Å². The van der Waals surface area contributed by atoms with Crippen LogP contribution in [0.3, 0.4) is 0 Å². The van der Waals surface area contributed by atoms with Crippen molar-refractivity contribution in [2.24, 2.45) is 11.8 Å². The summed E-state index contributed by atoms with van der Waals surface area (Å²) in [5.41, 5.74) is 1.37. The summed E-state index contributed by atoms with van der Waals surface area (Å²) < 4.78 is 0. The van der Waals surface area contributed by atoms with E-state index in [1.54, 1.807) is 29.2 Å². The number of hydrogen-bond donors (Lipinski definition) is 3. The van der Waals surface area contributed by atoms with E-state index < -0.39 is 12.1 Å². The van der Waals surface area contributed by atoms with Crippen LogP contribution in [0.1, 0.15) is 36.8 Å². The van der Waals surface area contributed by atoms with Gasteiger partial charge in [0, 0.05) is 25.1 Å². The number of carboxylic acids is 1. The second-order valence-corrected chi connectivity index (χ2v) is 8.49. The molecule has 3 rings (SSSR count). The molecule has 0 aliphatic carbocycles. The van der Waals surface area contributed by atoms with E-state index in [1.165, 1.54) is 0 Å². The van der Waals surface area contributed by atoms with Gasteiger partial charge in [0.1, 0.15) is 11.9 Å². The molecule has 0 aromatic heterocycles. The number of amides is 1. The highest BCUT2D eigenvalue weighted by Crippen LogP contribution is 2.32. The number of aliphatic hydroxyl groups is 1. The molecule has 30 heavy (non-hydrogen) atoms. The highest BCUT2D eigenvalue weighted by atomic mass is 16.4. The van der Waals surface area contributed by atoms with E-state index in [9.17, 15) is 19.8 Å². The molecule has 2 saturated heterocycles.